The van der Waals surface area contributed by atoms with Crippen LogP contribution in [0.2, 0.25) is 0 Å². The van der Waals surface area contributed by atoms with Crippen molar-refractivity contribution in [2.45, 2.75) is 33.5 Å². The molecule has 1 heterocycles. The topological polar surface area (TPSA) is 39.1 Å². The van der Waals surface area contributed by atoms with Crippen LogP contribution in [0.1, 0.15) is 23.9 Å². The molecule has 0 saturated heterocycles. The maximum absolute atomic E-state index is 5.35. The molecule has 108 valence electrons. The third kappa shape index (κ3) is 3.22. The molecule has 0 radical (unpaired) electrons. The lowest BCUT2D eigenvalue weighted by Crippen LogP contribution is -2.17. The summed E-state index contributed by atoms with van der Waals surface area (Å²) in [6.45, 7) is 6.53. The molecule has 1 aromatic heterocycles. The number of ether oxygens (including phenoxy) is 1. The van der Waals surface area contributed by atoms with Gasteiger partial charge in [-0.2, -0.15) is 5.10 Å². The molecule has 4 nitrogen and oxygen atoms in total. The quantitative estimate of drug-likeness (QED) is 0.879. The molecular formula is C15H20BrN3O. The summed E-state index contributed by atoms with van der Waals surface area (Å²) in [5, 5.41) is 7.94. The number of hydrogen-bond acceptors (Lipinski definition) is 3. The van der Waals surface area contributed by atoms with E-state index in [0.717, 1.165) is 41.1 Å². The first kappa shape index (κ1) is 15.1. The Balaban J connectivity index is 2.03. The zero-order valence-corrected chi connectivity index (χ0v) is 13.7. The molecule has 0 aliphatic rings. The minimum atomic E-state index is 0.768. The third-order valence-corrected chi connectivity index (χ3v) is 4.28. The molecule has 2 rings (SSSR count). The first-order valence-corrected chi connectivity index (χ1v) is 7.51. The maximum Gasteiger partial charge on any atom is 0.123 e. The monoisotopic (exact) mass is 337 g/mol. The summed E-state index contributed by atoms with van der Waals surface area (Å²) >= 11 is 3.61. The van der Waals surface area contributed by atoms with Gasteiger partial charge in [0.1, 0.15) is 5.75 Å². The molecule has 2 aromatic rings. The second kappa shape index (κ2) is 6.90. The van der Waals surface area contributed by atoms with Gasteiger partial charge in [0.25, 0.3) is 0 Å². The number of halogens is 1. The fraction of sp³-hybridized carbons (Fsp3) is 0.400. The van der Waals surface area contributed by atoms with Crippen LogP contribution in [0.5, 0.6) is 5.75 Å². The van der Waals surface area contributed by atoms with Gasteiger partial charge in [0.2, 0.25) is 0 Å². The van der Waals surface area contributed by atoms with Gasteiger partial charge in [0.15, 0.2) is 0 Å². The molecule has 0 fully saturated rings. The highest BCUT2D eigenvalue weighted by atomic mass is 79.9. The lowest BCUT2D eigenvalue weighted by Gasteiger charge is -2.10. The van der Waals surface area contributed by atoms with E-state index in [4.69, 9.17) is 4.74 Å². The lowest BCUT2D eigenvalue weighted by molar-refractivity contribution is 0.407. The van der Waals surface area contributed by atoms with Crippen LogP contribution < -0.4 is 10.1 Å². The maximum atomic E-state index is 5.35. The largest absolute Gasteiger partial charge is 0.496 e. The van der Waals surface area contributed by atoms with Crippen molar-refractivity contribution in [3.8, 4) is 5.75 Å². The van der Waals surface area contributed by atoms with Crippen molar-refractivity contribution < 1.29 is 4.74 Å². The smallest absolute Gasteiger partial charge is 0.123 e. The minimum absolute atomic E-state index is 0.768. The molecule has 1 N–H and O–H groups in total. The lowest BCUT2D eigenvalue weighted by atomic mass is 10.2. The number of aryl methyl sites for hydroxylation is 2. The van der Waals surface area contributed by atoms with Crippen molar-refractivity contribution in [3.05, 3.63) is 45.7 Å². The van der Waals surface area contributed by atoms with Crippen molar-refractivity contribution in [2.24, 2.45) is 0 Å². The number of nitrogens with one attached hydrogen (secondary N) is 1. The fourth-order valence-electron chi connectivity index (χ4n) is 2.20. The average molecular weight is 338 g/mol. The van der Waals surface area contributed by atoms with E-state index in [0.29, 0.717) is 0 Å². The van der Waals surface area contributed by atoms with Crippen molar-refractivity contribution in [1.29, 1.82) is 0 Å². The molecule has 20 heavy (non-hydrogen) atoms. The number of benzene rings is 1. The summed E-state index contributed by atoms with van der Waals surface area (Å²) in [6.07, 6.45) is 0. The van der Waals surface area contributed by atoms with E-state index in [1.807, 2.05) is 29.8 Å². The second-order valence-corrected chi connectivity index (χ2v) is 5.37. The van der Waals surface area contributed by atoms with Gasteiger partial charge in [-0.25, -0.2) is 0 Å². The molecule has 0 saturated carbocycles. The predicted octanol–water partition coefficient (Wildman–Crippen LogP) is 3.27. The summed E-state index contributed by atoms with van der Waals surface area (Å²) in [7, 11) is 1.70. The van der Waals surface area contributed by atoms with Crippen molar-refractivity contribution in [3.63, 3.8) is 0 Å². The minimum Gasteiger partial charge on any atom is -0.496 e. The van der Waals surface area contributed by atoms with Crippen LogP contribution in [-0.4, -0.2) is 16.9 Å². The molecule has 0 atom stereocenters. The van der Waals surface area contributed by atoms with Gasteiger partial charge in [-0.3, -0.25) is 4.68 Å². The van der Waals surface area contributed by atoms with E-state index >= 15 is 0 Å². The van der Waals surface area contributed by atoms with Crippen molar-refractivity contribution >= 4 is 15.9 Å². The molecule has 1 aromatic carbocycles. The van der Waals surface area contributed by atoms with Gasteiger partial charge >= 0.3 is 0 Å². The van der Waals surface area contributed by atoms with Gasteiger partial charge in [-0.15, -0.1) is 0 Å². The number of rotatable bonds is 6. The molecule has 0 spiro atoms. The van der Waals surface area contributed by atoms with Crippen LogP contribution >= 0.6 is 15.9 Å². The summed E-state index contributed by atoms with van der Waals surface area (Å²) in [5.41, 5.74) is 3.37. The van der Waals surface area contributed by atoms with E-state index in [9.17, 15) is 0 Å². The van der Waals surface area contributed by atoms with E-state index in [2.05, 4.69) is 39.3 Å². The van der Waals surface area contributed by atoms with Crippen LogP contribution in [0, 0.1) is 6.92 Å². The number of aromatic nitrogens is 2. The van der Waals surface area contributed by atoms with E-state index in [1.54, 1.807) is 7.11 Å². The molecule has 0 bridgehead atoms. The highest BCUT2D eigenvalue weighted by molar-refractivity contribution is 9.10. The third-order valence-electron chi connectivity index (χ3n) is 3.25. The van der Waals surface area contributed by atoms with Crippen molar-refractivity contribution in [1.82, 2.24) is 15.1 Å². The number of nitrogens with zero attached hydrogens (tertiary/aromatic N) is 2. The van der Waals surface area contributed by atoms with Gasteiger partial charge in [-0.05, 0) is 35.8 Å². The van der Waals surface area contributed by atoms with Gasteiger partial charge < -0.3 is 10.1 Å². The first-order valence-electron chi connectivity index (χ1n) is 6.71. The molecule has 0 aliphatic carbocycles. The van der Waals surface area contributed by atoms with Gasteiger partial charge in [0, 0.05) is 25.2 Å². The average Bonchev–Trinajstić information content (AvgIpc) is 2.75. The fourth-order valence-corrected chi connectivity index (χ4v) is 2.63. The number of hydrogen-bond donors (Lipinski definition) is 1. The van der Waals surface area contributed by atoms with Crippen LogP contribution in [0.4, 0.5) is 0 Å². The summed E-state index contributed by atoms with van der Waals surface area (Å²) in [6, 6.07) is 8.06. The Morgan fingerprint density at radius 3 is 2.75 bits per heavy atom. The highest BCUT2D eigenvalue weighted by Gasteiger charge is 2.11. The first-order chi connectivity index (χ1) is 9.67. The highest BCUT2D eigenvalue weighted by Crippen LogP contribution is 2.21. The van der Waals surface area contributed by atoms with E-state index in [1.165, 1.54) is 5.69 Å². The summed E-state index contributed by atoms with van der Waals surface area (Å²) in [4.78, 5) is 0. The summed E-state index contributed by atoms with van der Waals surface area (Å²) < 4.78 is 8.47. The Hall–Kier alpha value is -1.33. The van der Waals surface area contributed by atoms with Gasteiger partial charge in [0.05, 0.1) is 23.0 Å². The predicted molar refractivity (Wildman–Crippen MR) is 83.9 cm³/mol. The SMILES string of the molecule is CCn1nc(C)c(Br)c1CNCc1ccccc1OC. The van der Waals surface area contributed by atoms with Crippen LogP contribution in [0.3, 0.4) is 0 Å². The summed E-state index contributed by atoms with van der Waals surface area (Å²) in [5.74, 6) is 0.916. The Morgan fingerprint density at radius 1 is 1.30 bits per heavy atom. The molecule has 0 aliphatic heterocycles. The van der Waals surface area contributed by atoms with E-state index < -0.39 is 0 Å². The second-order valence-electron chi connectivity index (χ2n) is 4.58. The molecule has 5 heteroatoms. The molecule has 0 unspecified atom stereocenters. The van der Waals surface area contributed by atoms with Crippen LogP contribution in [-0.2, 0) is 19.6 Å². The van der Waals surface area contributed by atoms with Crippen LogP contribution in [0.25, 0.3) is 0 Å². The van der Waals surface area contributed by atoms with Crippen molar-refractivity contribution in [2.75, 3.05) is 7.11 Å². The Kier molecular flexibility index (Phi) is 5.20. The molecular weight excluding hydrogens is 318 g/mol. The Bertz CT molecular complexity index is 580. The molecule has 0 amide bonds. The zero-order chi connectivity index (χ0) is 14.5. The zero-order valence-electron chi connectivity index (χ0n) is 12.1. The normalized spacial score (nSPS) is 10.8. The standard InChI is InChI=1S/C15H20BrN3O/c1-4-19-13(15(16)11(2)18-19)10-17-9-12-7-5-6-8-14(12)20-3/h5-8,17H,4,9-10H2,1-3H3. The number of methoxy groups -OCH3 is 1. The Labute approximate surface area is 128 Å². The van der Waals surface area contributed by atoms with Crippen LogP contribution in [0.15, 0.2) is 28.7 Å². The van der Waals surface area contributed by atoms with Gasteiger partial charge in [-0.1, -0.05) is 18.2 Å². The number of para-hydroxylation sites is 1. The van der Waals surface area contributed by atoms with E-state index in [-0.39, 0.29) is 0 Å². The Morgan fingerprint density at radius 2 is 2.05 bits per heavy atom.